The third-order valence-corrected chi connectivity index (χ3v) is 4.38. The van der Waals surface area contributed by atoms with E-state index in [2.05, 4.69) is 15.3 Å². The van der Waals surface area contributed by atoms with Gasteiger partial charge in [-0.15, -0.1) is 0 Å². The fourth-order valence-corrected chi connectivity index (χ4v) is 3.16. The van der Waals surface area contributed by atoms with Gasteiger partial charge in [0.2, 0.25) is 5.91 Å². The van der Waals surface area contributed by atoms with E-state index in [0.717, 1.165) is 16.9 Å². The highest BCUT2D eigenvalue weighted by molar-refractivity contribution is 5.88. The molecular weight excluding hydrogens is 366 g/mol. The van der Waals surface area contributed by atoms with Crippen molar-refractivity contribution in [1.82, 2.24) is 19.2 Å². The number of rotatable bonds is 4. The highest BCUT2D eigenvalue weighted by Gasteiger charge is 2.11. The molecule has 3 heterocycles. The number of carbonyl (C=O) groups is 1. The number of nitrogens with zero attached hydrogens (tertiary/aromatic N) is 4. The average molecular weight is 385 g/mol. The second-order valence-electron chi connectivity index (χ2n) is 6.63. The molecule has 7 heteroatoms. The number of anilines is 1. The predicted octanol–water partition coefficient (Wildman–Crippen LogP) is 3.32. The summed E-state index contributed by atoms with van der Waals surface area (Å²) in [7, 11) is 0. The molecule has 0 radical (unpaired) electrons. The molecular formula is C22H19N5O2. The van der Waals surface area contributed by atoms with Gasteiger partial charge < -0.3 is 5.32 Å². The first-order chi connectivity index (χ1) is 14.0. The zero-order valence-corrected chi connectivity index (χ0v) is 16.0. The number of nitrogens with one attached hydrogen (secondary N) is 1. The van der Waals surface area contributed by atoms with Crippen LogP contribution in [0.1, 0.15) is 23.9 Å². The van der Waals surface area contributed by atoms with E-state index in [1.165, 1.54) is 17.5 Å². The molecule has 1 amide bonds. The second-order valence-corrected chi connectivity index (χ2v) is 6.63. The Balaban J connectivity index is 1.73. The SMILES string of the molecule is CC(=O)Nc1ccc(-n2c(C)cc3nc(/C=C/c4cccnc4)cc(=O)n32)cc1. The largest absolute Gasteiger partial charge is 0.326 e. The summed E-state index contributed by atoms with van der Waals surface area (Å²) in [5.41, 5.74) is 4.26. The molecule has 4 aromatic rings. The zero-order chi connectivity index (χ0) is 20.4. The van der Waals surface area contributed by atoms with E-state index in [1.54, 1.807) is 35.3 Å². The van der Waals surface area contributed by atoms with Crippen molar-refractivity contribution >= 4 is 29.4 Å². The fourth-order valence-electron chi connectivity index (χ4n) is 3.16. The van der Waals surface area contributed by atoms with Crippen LogP contribution in [0.4, 0.5) is 5.69 Å². The minimum Gasteiger partial charge on any atom is -0.326 e. The third-order valence-electron chi connectivity index (χ3n) is 4.38. The van der Waals surface area contributed by atoms with Crippen LogP contribution in [0.3, 0.4) is 0 Å². The molecule has 4 rings (SSSR count). The van der Waals surface area contributed by atoms with Crippen LogP contribution in [0.2, 0.25) is 0 Å². The Kier molecular flexibility index (Phi) is 4.78. The monoisotopic (exact) mass is 385 g/mol. The van der Waals surface area contributed by atoms with Crippen molar-refractivity contribution < 1.29 is 4.79 Å². The van der Waals surface area contributed by atoms with Crippen LogP contribution in [0, 0.1) is 6.92 Å². The molecule has 0 spiro atoms. The quantitative estimate of drug-likeness (QED) is 0.584. The van der Waals surface area contributed by atoms with Gasteiger partial charge in [0.15, 0.2) is 5.65 Å². The van der Waals surface area contributed by atoms with Gasteiger partial charge in [-0.05, 0) is 48.9 Å². The Morgan fingerprint density at radius 1 is 1.10 bits per heavy atom. The first kappa shape index (κ1) is 18.4. The van der Waals surface area contributed by atoms with E-state index in [1.807, 2.05) is 43.3 Å². The molecule has 144 valence electrons. The minimum atomic E-state index is -0.181. The van der Waals surface area contributed by atoms with Crippen molar-refractivity contribution in [2.45, 2.75) is 13.8 Å². The normalized spacial score (nSPS) is 11.2. The van der Waals surface area contributed by atoms with Crippen molar-refractivity contribution in [3.63, 3.8) is 0 Å². The number of aryl methyl sites for hydroxylation is 1. The highest BCUT2D eigenvalue weighted by atomic mass is 16.1. The molecule has 3 aromatic heterocycles. The van der Waals surface area contributed by atoms with Crippen LogP contribution in [-0.2, 0) is 4.79 Å². The molecule has 1 N–H and O–H groups in total. The second kappa shape index (κ2) is 7.55. The third kappa shape index (κ3) is 3.84. The summed E-state index contributed by atoms with van der Waals surface area (Å²) in [5.74, 6) is -0.132. The minimum absolute atomic E-state index is 0.132. The molecule has 0 saturated heterocycles. The van der Waals surface area contributed by atoms with Crippen LogP contribution in [0.25, 0.3) is 23.5 Å². The number of aromatic nitrogens is 4. The average Bonchev–Trinajstić information content (AvgIpc) is 3.04. The lowest BCUT2D eigenvalue weighted by Gasteiger charge is -2.10. The number of carbonyl (C=O) groups excluding carboxylic acids is 1. The Labute approximate surface area is 167 Å². The lowest BCUT2D eigenvalue weighted by atomic mass is 10.2. The van der Waals surface area contributed by atoms with Crippen molar-refractivity contribution in [2.75, 3.05) is 5.32 Å². The Morgan fingerprint density at radius 3 is 2.59 bits per heavy atom. The summed E-state index contributed by atoms with van der Waals surface area (Å²) in [6, 6.07) is 14.4. The Bertz CT molecular complexity index is 1270. The Morgan fingerprint density at radius 2 is 1.90 bits per heavy atom. The van der Waals surface area contributed by atoms with Crippen LogP contribution in [0.5, 0.6) is 0 Å². The van der Waals surface area contributed by atoms with Crippen molar-refractivity contribution in [3.05, 3.63) is 88.2 Å². The van der Waals surface area contributed by atoms with Crippen LogP contribution in [0.15, 0.2) is 65.7 Å². The molecule has 0 saturated carbocycles. The standard InChI is InChI=1S/C22H19N5O2/c1-15-12-21-25-19(6-5-17-4-3-11-23-14-17)13-22(29)27(21)26(15)20-9-7-18(8-10-20)24-16(2)28/h3-14H,1-2H3,(H,24,28)/b6-5+. The number of hydrogen-bond acceptors (Lipinski definition) is 4. The molecule has 1 aromatic carbocycles. The number of hydrogen-bond donors (Lipinski definition) is 1. The zero-order valence-electron chi connectivity index (χ0n) is 16.0. The van der Waals surface area contributed by atoms with Gasteiger partial charge in [-0.2, -0.15) is 4.52 Å². The molecule has 0 bridgehead atoms. The summed E-state index contributed by atoms with van der Waals surface area (Å²) in [6.45, 7) is 3.38. The Hall–Kier alpha value is -4.00. The lowest BCUT2D eigenvalue weighted by molar-refractivity contribution is -0.114. The molecule has 0 aliphatic heterocycles. The number of amides is 1. The lowest BCUT2D eigenvalue weighted by Crippen LogP contribution is -2.20. The van der Waals surface area contributed by atoms with Gasteiger partial charge in [0, 0.05) is 42.8 Å². The first-order valence-electron chi connectivity index (χ1n) is 9.10. The van der Waals surface area contributed by atoms with Crippen molar-refractivity contribution in [2.24, 2.45) is 0 Å². The van der Waals surface area contributed by atoms with E-state index < -0.39 is 0 Å². The van der Waals surface area contributed by atoms with Crippen molar-refractivity contribution in [3.8, 4) is 5.69 Å². The van der Waals surface area contributed by atoms with E-state index in [-0.39, 0.29) is 11.5 Å². The van der Waals surface area contributed by atoms with Crippen molar-refractivity contribution in [1.29, 1.82) is 0 Å². The van der Waals surface area contributed by atoms with Crippen LogP contribution < -0.4 is 10.9 Å². The van der Waals surface area contributed by atoms with E-state index in [0.29, 0.717) is 17.0 Å². The summed E-state index contributed by atoms with van der Waals surface area (Å²) in [5, 5.41) is 2.73. The summed E-state index contributed by atoms with van der Waals surface area (Å²) in [6.07, 6.45) is 7.12. The summed E-state index contributed by atoms with van der Waals surface area (Å²) < 4.78 is 3.33. The molecule has 0 fully saturated rings. The molecule has 29 heavy (non-hydrogen) atoms. The number of fused-ring (bicyclic) bond motifs is 1. The maximum Gasteiger partial charge on any atom is 0.273 e. The van der Waals surface area contributed by atoms with Gasteiger partial charge >= 0.3 is 0 Å². The van der Waals surface area contributed by atoms with Gasteiger partial charge in [0.05, 0.1) is 11.4 Å². The predicted molar refractivity (Wildman–Crippen MR) is 113 cm³/mol. The van der Waals surface area contributed by atoms with Crippen LogP contribution in [-0.4, -0.2) is 25.1 Å². The first-order valence-corrected chi connectivity index (χ1v) is 9.10. The fraction of sp³-hybridized carbons (Fsp3) is 0.0909. The van der Waals surface area contributed by atoms with E-state index >= 15 is 0 Å². The van der Waals surface area contributed by atoms with E-state index in [9.17, 15) is 9.59 Å². The maximum atomic E-state index is 12.8. The van der Waals surface area contributed by atoms with E-state index in [4.69, 9.17) is 0 Å². The van der Waals surface area contributed by atoms with Gasteiger partial charge in [0.1, 0.15) is 0 Å². The van der Waals surface area contributed by atoms with Gasteiger partial charge in [0.25, 0.3) is 5.56 Å². The number of benzene rings is 1. The summed E-state index contributed by atoms with van der Waals surface area (Å²) in [4.78, 5) is 32.7. The molecule has 0 aliphatic rings. The molecule has 0 unspecified atom stereocenters. The molecule has 0 aliphatic carbocycles. The molecule has 0 atom stereocenters. The smallest absolute Gasteiger partial charge is 0.273 e. The van der Waals surface area contributed by atoms with Gasteiger partial charge in [-0.3, -0.25) is 14.6 Å². The highest BCUT2D eigenvalue weighted by Crippen LogP contribution is 2.17. The maximum absolute atomic E-state index is 12.8. The molecule has 7 nitrogen and oxygen atoms in total. The topological polar surface area (TPSA) is 81.3 Å². The van der Waals surface area contributed by atoms with Gasteiger partial charge in [-0.1, -0.05) is 12.1 Å². The summed E-state index contributed by atoms with van der Waals surface area (Å²) >= 11 is 0. The number of pyridine rings is 1. The van der Waals surface area contributed by atoms with Crippen LogP contribution >= 0.6 is 0 Å². The van der Waals surface area contributed by atoms with Gasteiger partial charge in [-0.25, -0.2) is 9.67 Å².